The molecule has 40 heavy (non-hydrogen) atoms. The molecule has 0 aliphatic carbocycles. The first-order valence-corrected chi connectivity index (χ1v) is 14.0. The fourth-order valence-corrected chi connectivity index (χ4v) is 5.00. The molecule has 0 amide bonds. The maximum absolute atomic E-state index is 9.45. The number of fused-ring (bicyclic) bond motifs is 1. The van der Waals surface area contributed by atoms with Crippen LogP contribution in [0, 0.1) is 0 Å². The summed E-state index contributed by atoms with van der Waals surface area (Å²) in [6.45, 7) is -0.517. The Hall–Kier alpha value is -3.96. The van der Waals surface area contributed by atoms with Gasteiger partial charge < -0.3 is 19.7 Å². The van der Waals surface area contributed by atoms with Gasteiger partial charge in [-0.1, -0.05) is 60.7 Å². The number of aliphatic hydroxyl groups excluding tert-OH is 2. The van der Waals surface area contributed by atoms with Crippen LogP contribution >= 0.6 is 11.8 Å². The number of hydrogen-bond donors (Lipinski definition) is 2. The van der Waals surface area contributed by atoms with Gasteiger partial charge in [-0.3, -0.25) is 9.47 Å². The molecule has 0 spiro atoms. The monoisotopic (exact) mass is 557 g/mol. The third-order valence-electron chi connectivity index (χ3n) is 6.52. The number of imidazole rings is 1. The van der Waals surface area contributed by atoms with Crippen LogP contribution < -0.4 is 9.64 Å². The zero-order valence-electron chi connectivity index (χ0n) is 22.3. The molecule has 206 valence electrons. The zero-order valence-corrected chi connectivity index (χ0v) is 23.1. The highest BCUT2D eigenvalue weighted by Crippen LogP contribution is 2.39. The minimum Gasteiger partial charge on any atom is -0.497 e. The standard InChI is InChI=1S/C30H31N5O4S/c1-38-24-15-13-23(14-16-24)35(27(21-9-5-3-6-10-21)22-11-7-4-8-12-22)30-32-28-26(29(33-30)40-2)31-19-34(28)20-39-25(17-36)18-37/h3-16,19,25,27,36-37H,17-18,20H2,1-2H3. The SMILES string of the molecule is COc1ccc(N(c2nc(SC)c3ncn(COC(CO)CO)c3n2)C(c2ccccc2)c2ccccc2)cc1. The topological polar surface area (TPSA) is 106 Å². The van der Waals surface area contributed by atoms with Gasteiger partial charge in [0, 0.05) is 5.69 Å². The van der Waals surface area contributed by atoms with Crippen LogP contribution in [0.25, 0.3) is 11.2 Å². The van der Waals surface area contributed by atoms with Gasteiger partial charge in [0.2, 0.25) is 5.95 Å². The van der Waals surface area contributed by atoms with Crippen molar-refractivity contribution in [2.45, 2.75) is 23.9 Å². The lowest BCUT2D eigenvalue weighted by molar-refractivity contribution is -0.0488. The number of aromatic nitrogens is 4. The highest BCUT2D eigenvalue weighted by Gasteiger charge is 2.28. The normalized spacial score (nSPS) is 11.4. The molecule has 2 heterocycles. The molecule has 0 saturated carbocycles. The second kappa shape index (κ2) is 12.9. The molecule has 2 aromatic heterocycles. The van der Waals surface area contributed by atoms with Crippen molar-refractivity contribution in [2.24, 2.45) is 0 Å². The van der Waals surface area contributed by atoms with E-state index < -0.39 is 6.10 Å². The molecule has 0 bridgehead atoms. The van der Waals surface area contributed by atoms with Crippen LogP contribution in [0.15, 0.2) is 96.3 Å². The van der Waals surface area contributed by atoms with Gasteiger partial charge in [-0.15, -0.1) is 11.8 Å². The van der Waals surface area contributed by atoms with E-state index in [-0.39, 0.29) is 26.0 Å². The summed E-state index contributed by atoms with van der Waals surface area (Å²) in [6, 6.07) is 28.1. The fraction of sp³-hybridized carbons (Fsp3) is 0.233. The highest BCUT2D eigenvalue weighted by molar-refractivity contribution is 7.98. The zero-order chi connectivity index (χ0) is 27.9. The summed E-state index contributed by atoms with van der Waals surface area (Å²) in [4.78, 5) is 16.7. The van der Waals surface area contributed by atoms with E-state index in [0.29, 0.717) is 17.1 Å². The van der Waals surface area contributed by atoms with E-state index in [1.807, 2.05) is 66.9 Å². The Labute approximate surface area is 237 Å². The van der Waals surface area contributed by atoms with Gasteiger partial charge in [0.1, 0.15) is 29.1 Å². The van der Waals surface area contributed by atoms with Gasteiger partial charge in [-0.05, 0) is 41.6 Å². The third kappa shape index (κ3) is 5.80. The lowest BCUT2D eigenvalue weighted by atomic mass is 9.96. The number of aliphatic hydroxyl groups is 2. The summed E-state index contributed by atoms with van der Waals surface area (Å²) < 4.78 is 12.9. The second-order valence-corrected chi connectivity index (χ2v) is 9.79. The minimum atomic E-state index is -0.699. The Balaban J connectivity index is 1.71. The van der Waals surface area contributed by atoms with E-state index >= 15 is 0 Å². The largest absolute Gasteiger partial charge is 0.497 e. The summed E-state index contributed by atoms with van der Waals surface area (Å²) in [5, 5.41) is 19.6. The van der Waals surface area contributed by atoms with Crippen molar-refractivity contribution in [1.29, 1.82) is 0 Å². The maximum atomic E-state index is 9.45. The Morgan fingerprint density at radius 3 is 2.05 bits per heavy atom. The van der Waals surface area contributed by atoms with Gasteiger partial charge in [-0.25, -0.2) is 9.97 Å². The smallest absolute Gasteiger partial charge is 0.233 e. The minimum absolute atomic E-state index is 0.0654. The average molecular weight is 558 g/mol. The van der Waals surface area contributed by atoms with Crippen molar-refractivity contribution in [3.05, 3.63) is 102 Å². The first kappa shape index (κ1) is 27.6. The highest BCUT2D eigenvalue weighted by atomic mass is 32.2. The van der Waals surface area contributed by atoms with E-state index in [1.165, 1.54) is 11.8 Å². The molecule has 0 aliphatic heterocycles. The molecular formula is C30H31N5O4S. The van der Waals surface area contributed by atoms with E-state index in [2.05, 4.69) is 34.1 Å². The number of hydrogen-bond acceptors (Lipinski definition) is 9. The number of ether oxygens (including phenoxy) is 2. The molecule has 9 nitrogen and oxygen atoms in total. The maximum Gasteiger partial charge on any atom is 0.233 e. The first-order chi connectivity index (χ1) is 19.7. The van der Waals surface area contributed by atoms with E-state index in [0.717, 1.165) is 27.6 Å². The molecule has 0 saturated heterocycles. The number of thioether (sulfide) groups is 1. The summed E-state index contributed by atoms with van der Waals surface area (Å²) in [5.41, 5.74) is 4.26. The van der Waals surface area contributed by atoms with Crippen molar-refractivity contribution in [1.82, 2.24) is 19.5 Å². The van der Waals surface area contributed by atoms with Crippen molar-refractivity contribution < 1.29 is 19.7 Å². The number of anilines is 2. The molecule has 3 aromatic carbocycles. The molecule has 5 aromatic rings. The van der Waals surface area contributed by atoms with Crippen LogP contribution in [0.4, 0.5) is 11.6 Å². The molecule has 0 aliphatic rings. The van der Waals surface area contributed by atoms with E-state index in [9.17, 15) is 10.2 Å². The molecule has 5 rings (SSSR count). The molecule has 0 radical (unpaired) electrons. The first-order valence-electron chi connectivity index (χ1n) is 12.8. The fourth-order valence-electron chi connectivity index (χ4n) is 4.48. The van der Waals surface area contributed by atoms with Gasteiger partial charge >= 0.3 is 0 Å². The van der Waals surface area contributed by atoms with Gasteiger partial charge in [0.05, 0.1) is 32.7 Å². The lowest BCUT2D eigenvalue weighted by Crippen LogP contribution is -2.27. The van der Waals surface area contributed by atoms with Crippen molar-refractivity contribution in [3.8, 4) is 5.75 Å². The number of benzene rings is 3. The van der Waals surface area contributed by atoms with Crippen LogP contribution in [0.2, 0.25) is 0 Å². The van der Waals surface area contributed by atoms with Gasteiger partial charge in [-0.2, -0.15) is 4.98 Å². The second-order valence-electron chi connectivity index (χ2n) is 8.99. The Bertz CT molecular complexity index is 1470. The predicted molar refractivity (Wildman–Crippen MR) is 156 cm³/mol. The summed E-state index contributed by atoms with van der Waals surface area (Å²) >= 11 is 1.49. The Morgan fingerprint density at radius 1 is 0.875 bits per heavy atom. The number of rotatable bonds is 12. The quantitative estimate of drug-likeness (QED) is 0.165. The Kier molecular flexibility index (Phi) is 8.92. The van der Waals surface area contributed by atoms with Crippen molar-refractivity contribution >= 4 is 34.6 Å². The molecule has 10 heteroatoms. The molecular weight excluding hydrogens is 526 g/mol. The molecule has 0 fully saturated rings. The van der Waals surface area contributed by atoms with Crippen molar-refractivity contribution in [2.75, 3.05) is 31.5 Å². The van der Waals surface area contributed by atoms with E-state index in [4.69, 9.17) is 19.4 Å². The van der Waals surface area contributed by atoms with Gasteiger partial charge in [0.25, 0.3) is 0 Å². The third-order valence-corrected chi connectivity index (χ3v) is 7.20. The number of nitrogens with zero attached hydrogens (tertiary/aromatic N) is 5. The average Bonchev–Trinajstić information content (AvgIpc) is 3.43. The summed E-state index contributed by atoms with van der Waals surface area (Å²) in [7, 11) is 1.65. The summed E-state index contributed by atoms with van der Waals surface area (Å²) in [6.07, 6.45) is 2.89. The van der Waals surface area contributed by atoms with Crippen LogP contribution in [0.1, 0.15) is 17.2 Å². The van der Waals surface area contributed by atoms with Crippen LogP contribution in [0.3, 0.4) is 0 Å². The van der Waals surface area contributed by atoms with Crippen LogP contribution in [0.5, 0.6) is 5.75 Å². The predicted octanol–water partition coefficient (Wildman–Crippen LogP) is 4.81. The van der Waals surface area contributed by atoms with Gasteiger partial charge in [0.15, 0.2) is 5.65 Å². The number of methoxy groups -OCH3 is 1. The molecule has 0 atom stereocenters. The molecule has 2 N–H and O–H groups in total. The summed E-state index contributed by atoms with van der Waals surface area (Å²) in [5.74, 6) is 1.24. The molecule has 0 unspecified atom stereocenters. The lowest BCUT2D eigenvalue weighted by Gasteiger charge is -2.33. The van der Waals surface area contributed by atoms with Crippen LogP contribution in [-0.2, 0) is 11.5 Å². The van der Waals surface area contributed by atoms with Crippen molar-refractivity contribution in [3.63, 3.8) is 0 Å². The van der Waals surface area contributed by atoms with E-state index in [1.54, 1.807) is 18.0 Å². The Morgan fingerprint density at radius 2 is 1.50 bits per heavy atom. The van der Waals surface area contributed by atoms with Crippen LogP contribution in [-0.4, -0.2) is 62.4 Å².